The summed E-state index contributed by atoms with van der Waals surface area (Å²) in [4.78, 5) is 0. The van der Waals surface area contributed by atoms with Crippen LogP contribution in [0.5, 0.6) is 0 Å². The molecule has 0 amide bonds. The Kier molecular flexibility index (Phi) is 11.4. The van der Waals surface area contributed by atoms with Crippen molar-refractivity contribution in [2.75, 3.05) is 6.61 Å². The first-order chi connectivity index (χ1) is 5.81. The summed E-state index contributed by atoms with van der Waals surface area (Å²) in [7, 11) is 0. The lowest BCUT2D eigenvalue weighted by atomic mass is 9.87. The minimum atomic E-state index is -1.01. The average Bonchev–Trinajstić information content (AvgIpc) is 1.96. The largest absolute Gasteiger partial charge is 0.365 e. The molecule has 4 N–H and O–H groups in total. The summed E-state index contributed by atoms with van der Waals surface area (Å²) in [6, 6.07) is 0. The van der Waals surface area contributed by atoms with E-state index in [-0.39, 0.29) is 24.0 Å². The predicted molar refractivity (Wildman–Crippen MR) is 67.8 cm³/mol. The van der Waals surface area contributed by atoms with Gasteiger partial charge >= 0.3 is 0 Å². The van der Waals surface area contributed by atoms with Crippen molar-refractivity contribution in [1.29, 1.82) is 0 Å². The number of hydrogen-bond donors (Lipinski definition) is 2. The standard InChI is InChI=1S/C11H24O2.ClH.H3N/c1-6-7-8-9-13-11(5,12)10(2,3)4;;/h12H,6-9H2,1-5H3;1H;1H3. The van der Waals surface area contributed by atoms with Gasteiger partial charge in [-0.15, -0.1) is 12.4 Å². The smallest absolute Gasteiger partial charge is 0.167 e. The molecule has 0 saturated carbocycles. The molecule has 96 valence electrons. The van der Waals surface area contributed by atoms with Gasteiger partial charge in [-0.05, 0) is 13.3 Å². The first-order valence-electron chi connectivity index (χ1n) is 5.17. The van der Waals surface area contributed by atoms with Gasteiger partial charge in [-0.1, -0.05) is 40.5 Å². The van der Waals surface area contributed by atoms with E-state index in [1.54, 1.807) is 6.92 Å². The van der Waals surface area contributed by atoms with Crippen molar-refractivity contribution in [3.8, 4) is 0 Å². The highest BCUT2D eigenvalue weighted by molar-refractivity contribution is 5.85. The van der Waals surface area contributed by atoms with Crippen molar-refractivity contribution >= 4 is 12.4 Å². The second-order valence-electron chi connectivity index (χ2n) is 4.79. The molecule has 0 bridgehead atoms. The maximum absolute atomic E-state index is 9.93. The third-order valence-electron chi connectivity index (χ3n) is 2.52. The first-order valence-corrected chi connectivity index (χ1v) is 5.17. The minimum absolute atomic E-state index is 0. The Bertz CT molecular complexity index is 144. The van der Waals surface area contributed by atoms with Crippen molar-refractivity contribution < 1.29 is 9.84 Å². The number of ether oxygens (including phenoxy) is 1. The SMILES string of the molecule is CCCCCOC(C)(O)C(C)(C)C.Cl.N. The average molecular weight is 242 g/mol. The highest BCUT2D eigenvalue weighted by Gasteiger charge is 2.35. The van der Waals surface area contributed by atoms with Crippen LogP contribution in [0.1, 0.15) is 53.9 Å². The molecule has 0 spiro atoms. The zero-order chi connectivity index (χ0) is 10.5. The molecule has 0 aliphatic carbocycles. The molecule has 0 saturated heterocycles. The summed E-state index contributed by atoms with van der Waals surface area (Å²) in [5.41, 5.74) is -0.223. The van der Waals surface area contributed by atoms with Gasteiger partial charge < -0.3 is 16.0 Å². The summed E-state index contributed by atoms with van der Waals surface area (Å²) >= 11 is 0. The molecule has 3 nitrogen and oxygen atoms in total. The van der Waals surface area contributed by atoms with Gasteiger partial charge in [0.25, 0.3) is 0 Å². The molecule has 0 radical (unpaired) electrons. The van der Waals surface area contributed by atoms with Crippen LogP contribution in [-0.2, 0) is 4.74 Å². The fraction of sp³-hybridized carbons (Fsp3) is 1.00. The summed E-state index contributed by atoms with van der Waals surface area (Å²) in [5, 5.41) is 9.93. The zero-order valence-electron chi connectivity index (χ0n) is 10.8. The van der Waals surface area contributed by atoms with Crippen molar-refractivity contribution in [1.82, 2.24) is 6.15 Å². The van der Waals surface area contributed by atoms with Crippen LogP contribution in [0.15, 0.2) is 0 Å². The van der Waals surface area contributed by atoms with E-state index in [4.69, 9.17) is 4.74 Å². The lowest BCUT2D eigenvalue weighted by Crippen LogP contribution is -2.42. The molecule has 4 heteroatoms. The number of hydrogen-bond acceptors (Lipinski definition) is 3. The van der Waals surface area contributed by atoms with Crippen LogP contribution in [0, 0.1) is 5.41 Å². The Morgan fingerprint density at radius 2 is 1.53 bits per heavy atom. The highest BCUT2D eigenvalue weighted by Crippen LogP contribution is 2.30. The maximum Gasteiger partial charge on any atom is 0.167 e. The number of aliphatic hydroxyl groups is 1. The zero-order valence-corrected chi connectivity index (χ0v) is 11.6. The molecule has 15 heavy (non-hydrogen) atoms. The maximum atomic E-state index is 9.93. The van der Waals surface area contributed by atoms with Gasteiger partial charge in [0.2, 0.25) is 0 Å². The minimum Gasteiger partial charge on any atom is -0.365 e. The Balaban J connectivity index is -0.000000720. The molecule has 0 aliphatic heterocycles. The highest BCUT2D eigenvalue weighted by atomic mass is 35.5. The van der Waals surface area contributed by atoms with Crippen LogP contribution < -0.4 is 6.15 Å². The molecule has 1 unspecified atom stereocenters. The van der Waals surface area contributed by atoms with Crippen molar-refractivity contribution in [2.24, 2.45) is 5.41 Å². The van der Waals surface area contributed by atoms with E-state index in [1.165, 1.54) is 12.8 Å². The molecule has 0 aromatic rings. The van der Waals surface area contributed by atoms with Crippen LogP contribution in [0.4, 0.5) is 0 Å². The third-order valence-corrected chi connectivity index (χ3v) is 2.52. The fourth-order valence-electron chi connectivity index (χ4n) is 0.839. The van der Waals surface area contributed by atoms with E-state index in [2.05, 4.69) is 6.92 Å². The number of rotatable bonds is 5. The lowest BCUT2D eigenvalue weighted by Gasteiger charge is -2.36. The van der Waals surface area contributed by atoms with E-state index in [0.717, 1.165) is 6.42 Å². The number of halogens is 1. The van der Waals surface area contributed by atoms with Gasteiger partial charge in [0, 0.05) is 5.41 Å². The van der Waals surface area contributed by atoms with Crippen LogP contribution in [0.3, 0.4) is 0 Å². The Morgan fingerprint density at radius 3 is 1.87 bits per heavy atom. The van der Waals surface area contributed by atoms with Crippen LogP contribution in [0.25, 0.3) is 0 Å². The van der Waals surface area contributed by atoms with Crippen molar-refractivity contribution in [3.05, 3.63) is 0 Å². The molecule has 0 fully saturated rings. The third kappa shape index (κ3) is 8.03. The summed E-state index contributed by atoms with van der Waals surface area (Å²) < 4.78 is 5.45. The van der Waals surface area contributed by atoms with Gasteiger partial charge in [0.15, 0.2) is 5.79 Å². The van der Waals surface area contributed by atoms with Crippen molar-refractivity contribution in [2.45, 2.75) is 59.7 Å². The van der Waals surface area contributed by atoms with Gasteiger partial charge in [-0.3, -0.25) is 0 Å². The Morgan fingerprint density at radius 1 is 1.07 bits per heavy atom. The van der Waals surface area contributed by atoms with E-state index in [9.17, 15) is 5.11 Å². The van der Waals surface area contributed by atoms with Gasteiger partial charge in [0.05, 0.1) is 6.61 Å². The van der Waals surface area contributed by atoms with Gasteiger partial charge in [-0.2, -0.15) is 0 Å². The summed E-state index contributed by atoms with van der Waals surface area (Å²) in [6.45, 7) is 10.5. The molecule has 1 atom stereocenters. The van der Waals surface area contributed by atoms with E-state index < -0.39 is 5.79 Å². The second-order valence-corrected chi connectivity index (χ2v) is 4.79. The molecule has 0 rings (SSSR count). The monoisotopic (exact) mass is 241 g/mol. The summed E-state index contributed by atoms with van der Waals surface area (Å²) in [6.07, 6.45) is 3.38. The topological polar surface area (TPSA) is 64.5 Å². The quantitative estimate of drug-likeness (QED) is 0.572. The van der Waals surface area contributed by atoms with E-state index in [0.29, 0.717) is 6.61 Å². The van der Waals surface area contributed by atoms with E-state index >= 15 is 0 Å². The first kappa shape index (κ1) is 20.6. The van der Waals surface area contributed by atoms with E-state index in [1.807, 2.05) is 20.8 Å². The van der Waals surface area contributed by atoms with Crippen LogP contribution in [-0.4, -0.2) is 17.5 Å². The Labute approximate surface area is 101 Å². The Hall–Kier alpha value is 0.170. The molecule has 0 aromatic carbocycles. The van der Waals surface area contributed by atoms with Gasteiger partial charge in [0.1, 0.15) is 0 Å². The molecule has 0 aromatic heterocycles. The normalized spacial score (nSPS) is 14.8. The predicted octanol–water partition coefficient (Wildman–Crippen LogP) is 3.53. The van der Waals surface area contributed by atoms with Crippen LogP contribution >= 0.6 is 12.4 Å². The van der Waals surface area contributed by atoms with Gasteiger partial charge in [-0.25, -0.2) is 0 Å². The fourth-order valence-corrected chi connectivity index (χ4v) is 0.839. The van der Waals surface area contributed by atoms with Crippen LogP contribution in [0.2, 0.25) is 0 Å². The molecular formula is C11H28ClNO2. The molecule has 0 aliphatic rings. The summed E-state index contributed by atoms with van der Waals surface area (Å²) in [5.74, 6) is -1.01. The number of unbranched alkanes of at least 4 members (excludes halogenated alkanes) is 2. The lowest BCUT2D eigenvalue weighted by molar-refractivity contribution is -0.248. The molecular weight excluding hydrogens is 214 g/mol. The molecule has 0 heterocycles. The second kappa shape index (κ2) is 8.34. The van der Waals surface area contributed by atoms with Crippen molar-refractivity contribution in [3.63, 3.8) is 0 Å².